The molecular formula is C22H26ClN6O4S2+. The maximum Gasteiger partial charge on any atom is 0.358 e. The van der Waals surface area contributed by atoms with Crippen molar-refractivity contribution in [3.05, 3.63) is 47.5 Å². The smallest absolute Gasteiger partial charge is 0.271 e. The minimum Gasteiger partial charge on any atom is -0.271 e. The summed E-state index contributed by atoms with van der Waals surface area (Å²) in [5, 5.41) is 8.64. The number of benzene rings is 1. The molecule has 0 radical (unpaired) electrons. The average molecular weight is 538 g/mol. The molecule has 1 aromatic carbocycles. The van der Waals surface area contributed by atoms with Crippen molar-refractivity contribution in [1.29, 1.82) is 0 Å². The van der Waals surface area contributed by atoms with Crippen LogP contribution in [-0.4, -0.2) is 64.3 Å². The molecule has 35 heavy (non-hydrogen) atoms. The minimum absolute atomic E-state index is 0.00579. The van der Waals surface area contributed by atoms with E-state index >= 15 is 0 Å². The van der Waals surface area contributed by atoms with Crippen LogP contribution in [0.4, 0.5) is 5.82 Å². The molecule has 186 valence electrons. The number of nitrogens with one attached hydrogen (secondary N) is 1. The Labute approximate surface area is 209 Å². The number of hydrogen-bond acceptors (Lipinski definition) is 7. The van der Waals surface area contributed by atoms with E-state index in [0.717, 1.165) is 12.0 Å². The van der Waals surface area contributed by atoms with Crippen LogP contribution in [0.2, 0.25) is 0 Å². The van der Waals surface area contributed by atoms with Crippen molar-refractivity contribution in [1.82, 2.24) is 24.3 Å². The van der Waals surface area contributed by atoms with Crippen LogP contribution in [-0.2, 0) is 26.5 Å². The van der Waals surface area contributed by atoms with Crippen molar-refractivity contribution in [3.8, 4) is 0 Å². The third-order valence-corrected chi connectivity index (χ3v) is 9.96. The largest absolute Gasteiger partial charge is 0.358 e. The second-order valence-corrected chi connectivity index (χ2v) is 13.0. The van der Waals surface area contributed by atoms with Gasteiger partial charge in [-0.25, -0.2) is 13.1 Å². The Bertz CT molecular complexity index is 1520. The lowest BCUT2D eigenvalue weighted by atomic mass is 10.1. The van der Waals surface area contributed by atoms with Crippen LogP contribution in [0.3, 0.4) is 0 Å². The molecular weight excluding hydrogens is 512 g/mol. The molecule has 2 aliphatic rings. The SMILES string of the molecule is Cc1ccc(S(=O)(=O)[N+]2=CCc3c2ncc2nnc([C@@H]4CC[C@H](NS(=O)(=O)CCCCl)C4)n32)cc1. The topological polar surface area (TPSA) is 126 Å². The number of halogens is 1. The van der Waals surface area contributed by atoms with E-state index in [1.165, 1.54) is 10.2 Å². The van der Waals surface area contributed by atoms with Crippen molar-refractivity contribution >= 4 is 49.3 Å². The van der Waals surface area contributed by atoms with Crippen LogP contribution >= 0.6 is 11.6 Å². The number of nitrogens with zero attached hydrogens (tertiary/aromatic N) is 5. The fraction of sp³-hybridized carbons (Fsp3) is 0.455. The van der Waals surface area contributed by atoms with Crippen molar-refractivity contribution < 1.29 is 20.8 Å². The third-order valence-electron chi connectivity index (χ3n) is 6.47. The summed E-state index contributed by atoms with van der Waals surface area (Å²) in [5.41, 5.74) is 2.21. The minimum atomic E-state index is -3.81. The van der Waals surface area contributed by atoms with Crippen LogP contribution in [0.1, 0.15) is 48.7 Å². The molecule has 0 bridgehead atoms. The molecule has 1 saturated carbocycles. The summed E-state index contributed by atoms with van der Waals surface area (Å²) in [4.78, 5) is 4.59. The molecule has 5 rings (SSSR count). The summed E-state index contributed by atoms with van der Waals surface area (Å²) >= 11 is 5.64. The van der Waals surface area contributed by atoms with Crippen LogP contribution in [0.5, 0.6) is 0 Å². The normalized spacial score (nSPS) is 20.3. The molecule has 0 saturated heterocycles. The number of rotatable bonds is 8. The zero-order chi connectivity index (χ0) is 24.8. The summed E-state index contributed by atoms with van der Waals surface area (Å²) in [6, 6.07) is 6.52. The Morgan fingerprint density at radius 3 is 2.66 bits per heavy atom. The number of alkyl halides is 1. The van der Waals surface area contributed by atoms with Gasteiger partial charge < -0.3 is 0 Å². The highest BCUT2D eigenvalue weighted by Gasteiger charge is 2.38. The van der Waals surface area contributed by atoms with E-state index in [1.54, 1.807) is 30.5 Å². The average Bonchev–Trinajstić information content (AvgIpc) is 3.55. The molecule has 13 heteroatoms. The molecule has 0 amide bonds. The summed E-state index contributed by atoms with van der Waals surface area (Å²) in [6.45, 7) is 1.90. The maximum atomic E-state index is 13.3. The highest BCUT2D eigenvalue weighted by atomic mass is 35.5. The monoisotopic (exact) mass is 537 g/mol. The third kappa shape index (κ3) is 4.59. The van der Waals surface area contributed by atoms with Gasteiger partial charge in [0.15, 0.2) is 6.20 Å². The van der Waals surface area contributed by atoms with Gasteiger partial charge in [-0.05, 0) is 49.7 Å². The van der Waals surface area contributed by atoms with Gasteiger partial charge >= 0.3 is 15.8 Å². The van der Waals surface area contributed by atoms with E-state index in [4.69, 9.17) is 11.6 Å². The van der Waals surface area contributed by atoms with E-state index < -0.39 is 20.0 Å². The highest BCUT2D eigenvalue weighted by Crippen LogP contribution is 2.36. The number of hydrogen-bond donors (Lipinski definition) is 1. The van der Waals surface area contributed by atoms with Gasteiger partial charge in [0.1, 0.15) is 16.4 Å². The molecule has 0 unspecified atom stereocenters. The van der Waals surface area contributed by atoms with Crippen molar-refractivity contribution in [3.63, 3.8) is 0 Å². The summed E-state index contributed by atoms with van der Waals surface area (Å²) < 4.78 is 57.1. The molecule has 1 fully saturated rings. The molecule has 1 aliphatic heterocycles. The number of sulfonamides is 2. The van der Waals surface area contributed by atoms with E-state index in [-0.39, 0.29) is 22.6 Å². The predicted octanol–water partition coefficient (Wildman–Crippen LogP) is 2.28. The lowest BCUT2D eigenvalue weighted by molar-refractivity contribution is -0.257. The van der Waals surface area contributed by atoms with Gasteiger partial charge in [-0.15, -0.1) is 25.8 Å². The van der Waals surface area contributed by atoms with Gasteiger partial charge in [0.05, 0.1) is 18.4 Å². The zero-order valence-electron chi connectivity index (χ0n) is 19.1. The number of aromatic nitrogens is 4. The number of fused-ring (bicyclic) bond motifs is 3. The zero-order valence-corrected chi connectivity index (χ0v) is 21.5. The van der Waals surface area contributed by atoms with Crippen LogP contribution in [0.15, 0.2) is 35.4 Å². The maximum absolute atomic E-state index is 13.3. The van der Waals surface area contributed by atoms with Gasteiger partial charge in [0, 0.05) is 17.8 Å². The van der Waals surface area contributed by atoms with E-state index in [9.17, 15) is 16.8 Å². The first-order chi connectivity index (χ1) is 16.7. The lowest BCUT2D eigenvalue weighted by Crippen LogP contribution is -2.34. The Morgan fingerprint density at radius 1 is 1.14 bits per heavy atom. The van der Waals surface area contributed by atoms with E-state index in [1.807, 2.05) is 11.3 Å². The first-order valence-electron chi connectivity index (χ1n) is 11.4. The number of aryl methyl sites for hydroxylation is 1. The molecule has 1 aliphatic carbocycles. The molecule has 0 spiro atoms. The van der Waals surface area contributed by atoms with Gasteiger partial charge in [-0.3, -0.25) is 4.40 Å². The first kappa shape index (κ1) is 24.3. The Balaban J connectivity index is 1.43. The quantitative estimate of drug-likeness (QED) is 0.345. The van der Waals surface area contributed by atoms with Crippen LogP contribution in [0.25, 0.3) is 5.65 Å². The van der Waals surface area contributed by atoms with E-state index in [0.29, 0.717) is 54.5 Å². The van der Waals surface area contributed by atoms with Gasteiger partial charge in [0.2, 0.25) is 15.7 Å². The standard InChI is InChI=1S/C22H26ClN6O4S2/c1-15-3-7-18(8-4-15)35(32,33)28-11-9-19-22(28)24-14-20-25-26-21(29(19)20)16-5-6-17(13-16)27-34(30,31)12-2-10-23/h3-4,7-8,11,14,16-17,27H,2,5-6,9-10,12-13H2,1H3/q+1/t16-,17+/m1/s1. The second kappa shape index (κ2) is 9.23. The molecule has 10 nitrogen and oxygen atoms in total. The van der Waals surface area contributed by atoms with Gasteiger partial charge in [0.25, 0.3) is 0 Å². The fourth-order valence-corrected chi connectivity index (χ4v) is 7.78. The Hall–Kier alpha value is -2.41. The second-order valence-electron chi connectivity index (χ2n) is 8.97. The van der Waals surface area contributed by atoms with Crippen LogP contribution < -0.4 is 4.72 Å². The highest BCUT2D eigenvalue weighted by molar-refractivity contribution is 7.89. The van der Waals surface area contributed by atoms with Gasteiger partial charge in [-0.2, -0.15) is 8.42 Å². The van der Waals surface area contributed by atoms with E-state index in [2.05, 4.69) is 19.9 Å². The molecule has 3 heterocycles. The fourth-order valence-electron chi connectivity index (χ4n) is 4.77. The predicted molar refractivity (Wildman–Crippen MR) is 131 cm³/mol. The van der Waals surface area contributed by atoms with Crippen LogP contribution in [0, 0.1) is 6.92 Å². The summed E-state index contributed by atoms with van der Waals surface area (Å²) in [5.74, 6) is 1.32. The molecule has 3 aromatic rings. The molecule has 2 atom stereocenters. The summed E-state index contributed by atoms with van der Waals surface area (Å²) in [6.07, 6.45) is 5.91. The lowest BCUT2D eigenvalue weighted by Gasteiger charge is -2.13. The Kier molecular flexibility index (Phi) is 6.41. The first-order valence-corrected chi connectivity index (χ1v) is 15.1. The van der Waals surface area contributed by atoms with Crippen molar-refractivity contribution in [2.24, 2.45) is 0 Å². The van der Waals surface area contributed by atoms with Crippen molar-refractivity contribution in [2.75, 3.05) is 11.6 Å². The van der Waals surface area contributed by atoms with Gasteiger partial charge in [-0.1, -0.05) is 17.7 Å². The molecule has 2 aromatic heterocycles. The van der Waals surface area contributed by atoms with Crippen molar-refractivity contribution in [2.45, 2.75) is 55.9 Å². The summed E-state index contributed by atoms with van der Waals surface area (Å²) in [7, 11) is -7.20. The Morgan fingerprint density at radius 2 is 1.91 bits per heavy atom. The molecule has 1 N–H and O–H groups in total.